The number of nitrogens with two attached hydrogens (primary N) is 1. The normalized spacial score (nSPS) is 15.0. The van der Waals surface area contributed by atoms with Crippen LogP contribution in [0.5, 0.6) is 0 Å². The summed E-state index contributed by atoms with van der Waals surface area (Å²) in [4.78, 5) is 18.2. The summed E-state index contributed by atoms with van der Waals surface area (Å²) in [6, 6.07) is 0. The second-order valence-electron chi connectivity index (χ2n) is 2.77. The minimum absolute atomic E-state index is 1.33. The number of nitrogens with zero attached hydrogens (tertiary/aromatic N) is 2. The average molecular weight is 226 g/mol. The summed E-state index contributed by atoms with van der Waals surface area (Å²) >= 11 is 0. The van der Waals surface area contributed by atoms with Gasteiger partial charge in [-0.1, -0.05) is 0 Å². The van der Waals surface area contributed by atoms with E-state index in [2.05, 4.69) is 12.4 Å². The molecule has 1 aliphatic rings. The van der Waals surface area contributed by atoms with Gasteiger partial charge < -0.3 is 40.9 Å². The van der Waals surface area contributed by atoms with E-state index in [1.54, 1.807) is 4.90 Å². The van der Waals surface area contributed by atoms with E-state index >= 15 is 0 Å². The lowest BCUT2D eigenvalue weighted by atomic mass is 10.4. The Bertz CT molecular complexity index is 162. The van der Waals surface area contributed by atoms with Gasteiger partial charge in [-0.3, -0.25) is 0 Å². The van der Waals surface area contributed by atoms with Gasteiger partial charge in [0.1, 0.15) is 26.2 Å². The summed E-state index contributed by atoms with van der Waals surface area (Å²) in [5, 5.41) is 31.9. The molecule has 0 saturated carbocycles. The molecule has 1 aliphatic heterocycles. The number of hydrogen-bond acceptors (Lipinski definition) is 6. The number of likely N-dealkylation sites (N-methyl/N-ethyl adjacent to an activating group) is 1. The lowest BCUT2D eigenvalue weighted by Crippen LogP contribution is -3.18. The molecule has 0 radical (unpaired) electrons. The van der Waals surface area contributed by atoms with Crippen molar-refractivity contribution in [3.05, 3.63) is 30.6 Å². The van der Waals surface area contributed by atoms with Crippen molar-refractivity contribution < 1.29 is 20.4 Å². The van der Waals surface area contributed by atoms with E-state index in [9.17, 15) is 0 Å². The predicted octanol–water partition coefficient (Wildman–Crippen LogP) is -3.40. The maximum Gasteiger partial charge on any atom is 0.127 e. The Labute approximate surface area is 85.3 Å². The van der Waals surface area contributed by atoms with Gasteiger partial charge in [-0.15, -0.1) is 0 Å². The fraction of sp³-hybridized carbons (Fsp3) is 1.00. The van der Waals surface area contributed by atoms with Crippen LogP contribution < -0.4 is 10.2 Å². The van der Waals surface area contributed by atoms with Gasteiger partial charge in [0.05, 0.1) is 17.2 Å². The van der Waals surface area contributed by atoms with Gasteiger partial charge >= 0.3 is 0 Å². The second kappa shape index (κ2) is 10.4. The molecule has 3 N–H and O–H groups in total. The zero-order valence-corrected chi connectivity index (χ0v) is 8.25. The van der Waals surface area contributed by atoms with Crippen LogP contribution in [-0.2, 0) is 0 Å². The van der Waals surface area contributed by atoms with Gasteiger partial charge in [-0.05, 0) is 0 Å². The predicted molar refractivity (Wildman–Crippen MR) is 49.0 cm³/mol. The summed E-state index contributed by atoms with van der Waals surface area (Å²) in [5.74, 6) is 0. The van der Waals surface area contributed by atoms with E-state index in [1.165, 1.54) is 26.2 Å². The van der Waals surface area contributed by atoms with Crippen LogP contribution in [0.3, 0.4) is 0 Å². The molecule has 0 aromatic carbocycles. The Morgan fingerprint density at radius 2 is 1.27 bits per heavy atom. The molecule has 0 aromatic heterocycles. The molecule has 1 saturated heterocycles. The fourth-order valence-corrected chi connectivity index (χ4v) is 0.966. The molecule has 0 amide bonds. The van der Waals surface area contributed by atoms with Crippen molar-refractivity contribution in [3.8, 4) is 0 Å². The second-order valence-corrected chi connectivity index (χ2v) is 2.77. The highest BCUT2D eigenvalue weighted by Crippen LogP contribution is 1.46. The fourth-order valence-electron chi connectivity index (χ4n) is 0.966. The summed E-state index contributed by atoms with van der Waals surface area (Å²) in [7, 11) is 2.26. The Morgan fingerprint density at radius 1 is 1.00 bits per heavy atom. The van der Waals surface area contributed by atoms with Crippen molar-refractivity contribution in [1.29, 1.82) is 0 Å². The van der Waals surface area contributed by atoms with E-state index < -0.39 is 10.2 Å². The third-order valence-corrected chi connectivity index (χ3v) is 1.55. The molecule has 10 nitrogen and oxygen atoms in total. The van der Waals surface area contributed by atoms with Crippen LogP contribution in [-0.4, -0.2) is 43.4 Å². The van der Waals surface area contributed by atoms with Gasteiger partial charge in [0.15, 0.2) is 0 Å². The van der Waals surface area contributed by atoms with Crippen LogP contribution in [0, 0.1) is 30.6 Å². The van der Waals surface area contributed by atoms with Crippen LogP contribution in [0.2, 0.25) is 0 Å². The van der Waals surface area contributed by atoms with Crippen molar-refractivity contribution in [1.82, 2.24) is 0 Å². The molecule has 1 rings (SSSR count). The topological polar surface area (TPSA) is 153 Å². The van der Waals surface area contributed by atoms with Crippen LogP contribution in [0.25, 0.3) is 0 Å². The highest BCUT2D eigenvalue weighted by molar-refractivity contribution is 4.27. The molecule has 0 atom stereocenters. The van der Waals surface area contributed by atoms with E-state index in [0.29, 0.717) is 0 Å². The first kappa shape index (κ1) is 15.8. The molecule has 15 heavy (non-hydrogen) atoms. The van der Waals surface area contributed by atoms with Crippen LogP contribution in [0.1, 0.15) is 0 Å². The Kier molecular flexibility index (Phi) is 10.9. The molecular formula is C5H14N4O6. The van der Waals surface area contributed by atoms with Crippen molar-refractivity contribution in [3.63, 3.8) is 0 Å². The number of rotatable bonds is 0. The van der Waals surface area contributed by atoms with Crippen LogP contribution >= 0.6 is 0 Å². The minimum Gasteiger partial charge on any atom is -0.356 e. The number of piperazine rings is 1. The van der Waals surface area contributed by atoms with Gasteiger partial charge in [0, 0.05) is 0 Å². The maximum absolute atomic E-state index is 8.25. The van der Waals surface area contributed by atoms with Crippen molar-refractivity contribution in [2.24, 2.45) is 0 Å². The molecule has 0 spiro atoms. The molecule has 0 unspecified atom stereocenters. The largest absolute Gasteiger partial charge is 0.356 e. The van der Waals surface area contributed by atoms with E-state index in [-0.39, 0.29) is 0 Å². The smallest absolute Gasteiger partial charge is 0.127 e. The molecule has 90 valence electrons. The molecule has 10 heteroatoms. The summed E-state index contributed by atoms with van der Waals surface area (Å²) in [5.41, 5.74) is 0. The van der Waals surface area contributed by atoms with Crippen molar-refractivity contribution in [2.45, 2.75) is 0 Å². The highest BCUT2D eigenvalue weighted by Gasteiger charge is 2.08. The molecule has 0 aliphatic carbocycles. The van der Waals surface area contributed by atoms with Crippen LogP contribution in [0.4, 0.5) is 0 Å². The molecule has 0 aromatic rings. The van der Waals surface area contributed by atoms with Gasteiger partial charge in [-0.2, -0.15) is 0 Å². The van der Waals surface area contributed by atoms with E-state index in [4.69, 9.17) is 30.6 Å². The van der Waals surface area contributed by atoms with Crippen LogP contribution in [0.15, 0.2) is 0 Å². The third kappa shape index (κ3) is 32.9. The zero-order chi connectivity index (χ0) is 12.3. The number of nitrogens with one attached hydrogen (secondary N) is 1. The van der Waals surface area contributed by atoms with Gasteiger partial charge in [0.2, 0.25) is 0 Å². The standard InChI is InChI=1S/C5H12N2.2NO3/c1-7-4-2-6-3-5-7;2*2-1(3)4/h6H,2-5H2,1H3;;/q;2*-1/p+2. The van der Waals surface area contributed by atoms with Crippen molar-refractivity contribution >= 4 is 0 Å². The summed E-state index contributed by atoms with van der Waals surface area (Å²) in [6.07, 6.45) is 0. The Morgan fingerprint density at radius 3 is 1.40 bits per heavy atom. The van der Waals surface area contributed by atoms with E-state index in [0.717, 1.165) is 0 Å². The quantitative estimate of drug-likeness (QED) is 0.324. The van der Waals surface area contributed by atoms with Gasteiger partial charge in [-0.25, -0.2) is 0 Å². The van der Waals surface area contributed by atoms with Gasteiger partial charge in [0.25, 0.3) is 0 Å². The number of quaternary nitrogens is 2. The third-order valence-electron chi connectivity index (χ3n) is 1.55. The SMILES string of the molecule is C[NH+]1CC[NH2+]CC1.O=[N+]([O-])[O-].O=[N+]([O-])[O-]. The highest BCUT2D eigenvalue weighted by atomic mass is 16.9. The lowest BCUT2D eigenvalue weighted by Gasteiger charge is -2.16. The molecule has 1 heterocycles. The average Bonchev–Trinajstić information content (AvgIpc) is 2.03. The maximum atomic E-state index is 8.25. The summed E-state index contributed by atoms with van der Waals surface area (Å²) in [6.45, 7) is 5.34. The zero-order valence-electron chi connectivity index (χ0n) is 8.25. The summed E-state index contributed by atoms with van der Waals surface area (Å²) < 4.78 is 0. The monoisotopic (exact) mass is 226 g/mol. The lowest BCUT2D eigenvalue weighted by molar-refractivity contribution is -0.930. The first-order chi connectivity index (χ1) is 6.86. The molecule has 1 fully saturated rings. The van der Waals surface area contributed by atoms with Crippen molar-refractivity contribution in [2.75, 3.05) is 33.2 Å². The van der Waals surface area contributed by atoms with E-state index in [1.807, 2.05) is 0 Å². The Balaban J connectivity index is 0. The Hall–Kier alpha value is -1.68. The number of hydrogen-bond donors (Lipinski definition) is 2. The molecular weight excluding hydrogens is 212 g/mol. The minimum atomic E-state index is -1.75. The first-order valence-corrected chi connectivity index (χ1v) is 4.12. The molecule has 0 bridgehead atoms. The first-order valence-electron chi connectivity index (χ1n) is 4.12.